The minimum atomic E-state index is -0.453. The van der Waals surface area contributed by atoms with E-state index >= 15 is 0 Å². The average Bonchev–Trinajstić information content (AvgIpc) is 2.60. The summed E-state index contributed by atoms with van der Waals surface area (Å²) in [5.41, 5.74) is 2.47. The maximum Gasteiger partial charge on any atom is 0.227 e. The summed E-state index contributed by atoms with van der Waals surface area (Å²) < 4.78 is 29.6. The van der Waals surface area contributed by atoms with Crippen LogP contribution in [0.5, 0.6) is 11.5 Å². The van der Waals surface area contributed by atoms with Gasteiger partial charge in [0, 0.05) is 13.2 Å². The first-order chi connectivity index (χ1) is 12.5. The lowest BCUT2D eigenvalue weighted by Gasteiger charge is -2.13. The Kier molecular flexibility index (Phi) is 7.41. The Morgan fingerprint density at radius 3 is 2.58 bits per heavy atom. The molecule has 0 radical (unpaired) electrons. The molecule has 0 atom stereocenters. The van der Waals surface area contributed by atoms with Crippen molar-refractivity contribution in [3.8, 4) is 11.5 Å². The Labute approximate surface area is 153 Å². The minimum absolute atomic E-state index is 0.140. The van der Waals surface area contributed by atoms with Gasteiger partial charge in [-0.3, -0.25) is 4.79 Å². The van der Waals surface area contributed by atoms with E-state index in [1.165, 1.54) is 18.2 Å². The fourth-order valence-corrected chi connectivity index (χ4v) is 2.31. The van der Waals surface area contributed by atoms with Crippen LogP contribution in [0.1, 0.15) is 17.5 Å². The highest BCUT2D eigenvalue weighted by molar-refractivity contribution is 5.92. The zero-order valence-corrected chi connectivity index (χ0v) is 15.3. The van der Waals surface area contributed by atoms with Gasteiger partial charge in [-0.2, -0.15) is 0 Å². The molecule has 1 amide bonds. The molecule has 5 nitrogen and oxygen atoms in total. The quantitative estimate of drug-likeness (QED) is 0.689. The maximum absolute atomic E-state index is 13.5. The lowest BCUT2D eigenvalue weighted by Crippen LogP contribution is -2.16. The number of hydrogen-bond acceptors (Lipinski definition) is 4. The lowest BCUT2D eigenvalue weighted by molar-refractivity contribution is -0.116. The number of hydrogen-bond donors (Lipinski definition) is 1. The fourth-order valence-electron chi connectivity index (χ4n) is 2.31. The van der Waals surface area contributed by atoms with Crippen LogP contribution in [0.15, 0.2) is 36.4 Å². The van der Waals surface area contributed by atoms with E-state index in [-0.39, 0.29) is 24.6 Å². The molecular formula is C20H24FNO4. The molecule has 0 fully saturated rings. The lowest BCUT2D eigenvalue weighted by atomic mass is 10.1. The van der Waals surface area contributed by atoms with Crippen molar-refractivity contribution in [1.29, 1.82) is 0 Å². The zero-order chi connectivity index (χ0) is 18.9. The number of methoxy groups -OCH3 is 1. The van der Waals surface area contributed by atoms with Crippen molar-refractivity contribution in [2.45, 2.75) is 20.3 Å². The van der Waals surface area contributed by atoms with Crippen LogP contribution in [0, 0.1) is 19.7 Å². The number of nitrogens with one attached hydrogen (secondary N) is 1. The summed E-state index contributed by atoms with van der Waals surface area (Å²) in [6.45, 7) is 4.91. The van der Waals surface area contributed by atoms with Gasteiger partial charge >= 0.3 is 0 Å². The molecule has 2 aromatic carbocycles. The van der Waals surface area contributed by atoms with Gasteiger partial charge in [0.2, 0.25) is 5.91 Å². The summed E-state index contributed by atoms with van der Waals surface area (Å²) in [6.07, 6.45) is 0.140. The first kappa shape index (κ1) is 19.7. The number of benzene rings is 2. The molecule has 0 heterocycles. The van der Waals surface area contributed by atoms with Gasteiger partial charge in [-0.05, 0) is 43.2 Å². The van der Waals surface area contributed by atoms with Crippen molar-refractivity contribution >= 4 is 11.6 Å². The van der Waals surface area contributed by atoms with Gasteiger partial charge in [0.25, 0.3) is 0 Å². The Hall–Kier alpha value is -2.60. The van der Waals surface area contributed by atoms with Crippen molar-refractivity contribution in [2.75, 3.05) is 32.2 Å². The van der Waals surface area contributed by atoms with Gasteiger partial charge < -0.3 is 19.5 Å². The van der Waals surface area contributed by atoms with Gasteiger partial charge in [-0.1, -0.05) is 12.1 Å². The van der Waals surface area contributed by atoms with E-state index in [1.807, 2.05) is 32.0 Å². The second-order valence-electron chi connectivity index (χ2n) is 5.83. The van der Waals surface area contributed by atoms with Crippen molar-refractivity contribution in [3.05, 3.63) is 53.3 Å². The van der Waals surface area contributed by atoms with E-state index in [4.69, 9.17) is 14.2 Å². The largest absolute Gasteiger partial charge is 0.493 e. The molecule has 0 aliphatic rings. The third-order valence-electron chi connectivity index (χ3n) is 3.90. The number of carbonyl (C=O) groups is 1. The van der Waals surface area contributed by atoms with Gasteiger partial charge in [0.05, 0.1) is 25.3 Å². The molecule has 140 valence electrons. The second-order valence-corrected chi connectivity index (χ2v) is 5.83. The number of ether oxygens (including phenoxy) is 3. The minimum Gasteiger partial charge on any atom is -0.493 e. The zero-order valence-electron chi connectivity index (χ0n) is 15.3. The summed E-state index contributed by atoms with van der Waals surface area (Å²) >= 11 is 0. The number of halogens is 1. The molecule has 2 aromatic rings. The highest BCUT2D eigenvalue weighted by atomic mass is 19.1. The highest BCUT2D eigenvalue weighted by Gasteiger charge is 2.10. The molecule has 1 N–H and O–H groups in total. The van der Waals surface area contributed by atoms with E-state index in [0.717, 1.165) is 16.9 Å². The Morgan fingerprint density at radius 1 is 1.04 bits per heavy atom. The number of rotatable bonds is 9. The maximum atomic E-state index is 13.5. The molecule has 0 saturated heterocycles. The molecule has 0 spiro atoms. The van der Waals surface area contributed by atoms with Crippen LogP contribution in [0.4, 0.5) is 10.1 Å². The van der Waals surface area contributed by atoms with E-state index in [9.17, 15) is 9.18 Å². The van der Waals surface area contributed by atoms with Gasteiger partial charge in [0.15, 0.2) is 0 Å². The van der Waals surface area contributed by atoms with Crippen molar-refractivity contribution in [2.24, 2.45) is 0 Å². The smallest absolute Gasteiger partial charge is 0.227 e. The summed E-state index contributed by atoms with van der Waals surface area (Å²) in [7, 11) is 1.56. The van der Waals surface area contributed by atoms with E-state index in [0.29, 0.717) is 19.0 Å². The van der Waals surface area contributed by atoms with Crippen molar-refractivity contribution in [3.63, 3.8) is 0 Å². The summed E-state index contributed by atoms with van der Waals surface area (Å²) in [4.78, 5) is 12.2. The topological polar surface area (TPSA) is 56.8 Å². The summed E-state index contributed by atoms with van der Waals surface area (Å²) in [5, 5.41) is 2.67. The van der Waals surface area contributed by atoms with Crippen LogP contribution in [-0.4, -0.2) is 32.8 Å². The third-order valence-corrected chi connectivity index (χ3v) is 3.90. The predicted molar refractivity (Wildman–Crippen MR) is 98.4 cm³/mol. The molecule has 6 heteroatoms. The monoisotopic (exact) mass is 361 g/mol. The molecule has 0 saturated carbocycles. The Bertz CT molecular complexity index is 749. The van der Waals surface area contributed by atoms with Crippen LogP contribution in [0.2, 0.25) is 0 Å². The molecule has 0 unspecified atom stereocenters. The van der Waals surface area contributed by atoms with Crippen LogP contribution < -0.4 is 14.8 Å². The molecule has 2 rings (SSSR count). The molecular weight excluding hydrogens is 337 g/mol. The number of amides is 1. The van der Waals surface area contributed by atoms with Gasteiger partial charge in [-0.25, -0.2) is 4.39 Å². The average molecular weight is 361 g/mol. The number of aryl methyl sites for hydroxylation is 1. The second kappa shape index (κ2) is 9.77. The first-order valence-electron chi connectivity index (χ1n) is 8.41. The number of anilines is 1. The fraction of sp³-hybridized carbons (Fsp3) is 0.350. The Balaban J connectivity index is 1.90. The first-order valence-corrected chi connectivity index (χ1v) is 8.41. The standard InChI is InChI=1S/C20H24FNO4/c1-14-5-4-6-18(15(14)2)25-10-9-20(23)22-17-13-16(21)7-8-19(17)26-12-11-24-3/h4-8,13H,9-12H2,1-3H3,(H,22,23). The van der Waals surface area contributed by atoms with Crippen LogP contribution in [-0.2, 0) is 9.53 Å². The molecule has 26 heavy (non-hydrogen) atoms. The highest BCUT2D eigenvalue weighted by Crippen LogP contribution is 2.26. The van der Waals surface area contributed by atoms with Gasteiger partial charge in [-0.15, -0.1) is 0 Å². The molecule has 0 aliphatic carbocycles. The normalized spacial score (nSPS) is 10.5. The predicted octanol–water partition coefficient (Wildman–Crippen LogP) is 3.88. The molecule has 0 bridgehead atoms. The van der Waals surface area contributed by atoms with Crippen LogP contribution in [0.3, 0.4) is 0 Å². The molecule has 0 aliphatic heterocycles. The van der Waals surface area contributed by atoms with Crippen LogP contribution in [0.25, 0.3) is 0 Å². The third kappa shape index (κ3) is 5.74. The van der Waals surface area contributed by atoms with Crippen molar-refractivity contribution < 1.29 is 23.4 Å². The van der Waals surface area contributed by atoms with Crippen LogP contribution >= 0.6 is 0 Å². The number of carbonyl (C=O) groups excluding carboxylic acids is 1. The van der Waals surface area contributed by atoms with E-state index in [1.54, 1.807) is 7.11 Å². The van der Waals surface area contributed by atoms with Crippen molar-refractivity contribution in [1.82, 2.24) is 0 Å². The SMILES string of the molecule is COCCOc1ccc(F)cc1NC(=O)CCOc1cccc(C)c1C. The van der Waals surface area contributed by atoms with E-state index in [2.05, 4.69) is 5.32 Å². The Morgan fingerprint density at radius 2 is 1.81 bits per heavy atom. The van der Waals surface area contributed by atoms with Gasteiger partial charge in [0.1, 0.15) is 23.9 Å². The van der Waals surface area contributed by atoms with E-state index < -0.39 is 5.82 Å². The summed E-state index contributed by atoms with van der Waals surface area (Å²) in [6, 6.07) is 9.77. The molecule has 0 aromatic heterocycles. The summed E-state index contributed by atoms with van der Waals surface area (Å²) in [5.74, 6) is 0.419.